The molecule has 1 aliphatic carbocycles. The molecule has 1 aromatic rings. The maximum absolute atomic E-state index is 12.3. The van der Waals surface area contributed by atoms with Gasteiger partial charge in [-0.2, -0.15) is 0 Å². The second-order valence-electron chi connectivity index (χ2n) is 6.10. The van der Waals surface area contributed by atoms with Crippen LogP contribution in [0.25, 0.3) is 0 Å². The first-order chi connectivity index (χ1) is 9.83. The van der Waals surface area contributed by atoms with Crippen molar-refractivity contribution in [3.8, 4) is 0 Å². The summed E-state index contributed by atoms with van der Waals surface area (Å²) >= 11 is 0. The first kappa shape index (κ1) is 13.5. The lowest BCUT2D eigenvalue weighted by Gasteiger charge is -2.29. The van der Waals surface area contributed by atoms with E-state index >= 15 is 0 Å². The van der Waals surface area contributed by atoms with Crippen molar-refractivity contribution < 1.29 is 4.79 Å². The highest BCUT2D eigenvalue weighted by molar-refractivity contribution is 5.76. The number of amides is 1. The fourth-order valence-electron chi connectivity index (χ4n) is 3.44. The van der Waals surface area contributed by atoms with Crippen LogP contribution in [0.3, 0.4) is 0 Å². The largest absolute Gasteiger partial charge is 0.338 e. The van der Waals surface area contributed by atoms with E-state index < -0.39 is 0 Å². The maximum Gasteiger partial charge on any atom is 0.222 e. The molecule has 1 fully saturated rings. The van der Waals surface area contributed by atoms with E-state index in [2.05, 4.69) is 9.97 Å². The fourth-order valence-corrected chi connectivity index (χ4v) is 3.44. The average Bonchev–Trinajstić information content (AvgIpc) is 2.53. The van der Waals surface area contributed by atoms with E-state index in [1.807, 2.05) is 11.1 Å². The van der Waals surface area contributed by atoms with E-state index in [0.29, 0.717) is 18.9 Å². The van der Waals surface area contributed by atoms with Crippen LogP contribution in [0.15, 0.2) is 12.5 Å². The Morgan fingerprint density at radius 2 is 2.15 bits per heavy atom. The Morgan fingerprint density at radius 3 is 3.00 bits per heavy atom. The minimum atomic E-state index is 0.310. The second kappa shape index (κ2) is 6.33. The van der Waals surface area contributed by atoms with E-state index in [9.17, 15) is 4.79 Å². The molecule has 0 radical (unpaired) electrons. The van der Waals surface area contributed by atoms with Crippen LogP contribution in [0.2, 0.25) is 0 Å². The monoisotopic (exact) mass is 273 g/mol. The van der Waals surface area contributed by atoms with Gasteiger partial charge in [0.05, 0.1) is 5.69 Å². The third-order valence-corrected chi connectivity index (χ3v) is 4.70. The fraction of sp³-hybridized carbons (Fsp3) is 0.688. The molecule has 1 saturated carbocycles. The minimum absolute atomic E-state index is 0.310. The predicted octanol–water partition coefficient (Wildman–Crippen LogP) is 2.72. The third kappa shape index (κ3) is 3.17. The first-order valence-electron chi connectivity index (χ1n) is 7.88. The van der Waals surface area contributed by atoms with Crippen molar-refractivity contribution in [2.45, 2.75) is 57.9 Å². The molecule has 3 rings (SSSR count). The molecule has 2 heterocycles. The second-order valence-corrected chi connectivity index (χ2v) is 6.10. The third-order valence-electron chi connectivity index (χ3n) is 4.70. The lowest BCUT2D eigenvalue weighted by molar-refractivity contribution is -0.132. The van der Waals surface area contributed by atoms with E-state index in [0.717, 1.165) is 36.6 Å². The molecular formula is C16H23N3O. The summed E-state index contributed by atoms with van der Waals surface area (Å²) in [7, 11) is 0. The van der Waals surface area contributed by atoms with Crippen LogP contribution in [0.1, 0.15) is 56.2 Å². The van der Waals surface area contributed by atoms with Gasteiger partial charge in [-0.05, 0) is 12.3 Å². The summed E-state index contributed by atoms with van der Waals surface area (Å²) in [6.07, 6.45) is 12.8. The SMILES string of the molecule is O=C(CCC1CCCCC1)N1CCc2ncncc2C1. The highest BCUT2D eigenvalue weighted by atomic mass is 16.2. The van der Waals surface area contributed by atoms with E-state index in [1.165, 1.54) is 32.1 Å². The molecule has 1 aliphatic heterocycles. The Balaban J connectivity index is 1.51. The Kier molecular flexibility index (Phi) is 4.28. The highest BCUT2D eigenvalue weighted by Gasteiger charge is 2.22. The number of carbonyl (C=O) groups is 1. The number of carbonyl (C=O) groups excluding carboxylic acids is 1. The number of aromatic nitrogens is 2. The van der Waals surface area contributed by atoms with Gasteiger partial charge in [-0.25, -0.2) is 9.97 Å². The van der Waals surface area contributed by atoms with Gasteiger partial charge in [-0.3, -0.25) is 4.79 Å². The molecule has 0 spiro atoms. The van der Waals surface area contributed by atoms with Crippen LogP contribution < -0.4 is 0 Å². The summed E-state index contributed by atoms with van der Waals surface area (Å²) in [4.78, 5) is 22.7. The van der Waals surface area contributed by atoms with Crippen LogP contribution in [-0.4, -0.2) is 27.3 Å². The van der Waals surface area contributed by atoms with Crippen molar-refractivity contribution in [3.05, 3.63) is 23.8 Å². The van der Waals surface area contributed by atoms with Crippen molar-refractivity contribution in [2.75, 3.05) is 6.54 Å². The smallest absolute Gasteiger partial charge is 0.222 e. The summed E-state index contributed by atoms with van der Waals surface area (Å²) in [6.45, 7) is 1.51. The number of nitrogens with zero attached hydrogens (tertiary/aromatic N) is 3. The molecule has 0 unspecified atom stereocenters. The van der Waals surface area contributed by atoms with Gasteiger partial charge in [0.1, 0.15) is 6.33 Å². The summed E-state index contributed by atoms with van der Waals surface area (Å²) in [5.41, 5.74) is 2.22. The Hall–Kier alpha value is -1.45. The Bertz CT molecular complexity index is 469. The van der Waals surface area contributed by atoms with E-state index in [4.69, 9.17) is 0 Å². The number of fused-ring (bicyclic) bond motifs is 1. The zero-order valence-electron chi connectivity index (χ0n) is 12.1. The van der Waals surface area contributed by atoms with Crippen LogP contribution in [0.4, 0.5) is 0 Å². The summed E-state index contributed by atoms with van der Waals surface area (Å²) < 4.78 is 0. The van der Waals surface area contributed by atoms with Crippen molar-refractivity contribution in [1.82, 2.24) is 14.9 Å². The molecule has 1 aromatic heterocycles. The lowest BCUT2D eigenvalue weighted by atomic mass is 9.86. The Morgan fingerprint density at radius 1 is 1.30 bits per heavy atom. The quantitative estimate of drug-likeness (QED) is 0.850. The molecule has 2 aliphatic rings. The van der Waals surface area contributed by atoms with Crippen molar-refractivity contribution >= 4 is 5.91 Å². The minimum Gasteiger partial charge on any atom is -0.338 e. The van der Waals surface area contributed by atoms with Crippen molar-refractivity contribution in [1.29, 1.82) is 0 Å². The van der Waals surface area contributed by atoms with Gasteiger partial charge in [0.15, 0.2) is 0 Å². The number of hydrogen-bond acceptors (Lipinski definition) is 3. The van der Waals surface area contributed by atoms with Crippen molar-refractivity contribution in [3.63, 3.8) is 0 Å². The van der Waals surface area contributed by atoms with Gasteiger partial charge in [0.25, 0.3) is 0 Å². The van der Waals surface area contributed by atoms with Gasteiger partial charge in [0.2, 0.25) is 5.91 Å². The van der Waals surface area contributed by atoms with Crippen LogP contribution in [0, 0.1) is 5.92 Å². The molecule has 0 atom stereocenters. The zero-order valence-corrected chi connectivity index (χ0v) is 12.1. The standard InChI is InChI=1S/C16H23N3O/c20-16(7-6-13-4-2-1-3-5-13)19-9-8-15-14(11-19)10-17-12-18-15/h10,12-13H,1-9,11H2. The molecule has 0 saturated heterocycles. The van der Waals surface area contributed by atoms with E-state index in [1.54, 1.807) is 6.33 Å². The summed E-state index contributed by atoms with van der Waals surface area (Å²) in [5, 5.41) is 0. The molecule has 1 amide bonds. The zero-order chi connectivity index (χ0) is 13.8. The van der Waals surface area contributed by atoms with Gasteiger partial charge >= 0.3 is 0 Å². The summed E-state index contributed by atoms with van der Waals surface area (Å²) in [6, 6.07) is 0. The van der Waals surface area contributed by atoms with Crippen molar-refractivity contribution in [2.24, 2.45) is 5.92 Å². The average molecular weight is 273 g/mol. The molecule has 0 bridgehead atoms. The van der Waals surface area contributed by atoms with Crippen LogP contribution >= 0.6 is 0 Å². The normalized spacial score (nSPS) is 19.7. The van der Waals surface area contributed by atoms with Crippen LogP contribution in [0.5, 0.6) is 0 Å². The molecular weight excluding hydrogens is 250 g/mol. The van der Waals surface area contributed by atoms with Gasteiger partial charge < -0.3 is 4.90 Å². The first-order valence-corrected chi connectivity index (χ1v) is 7.88. The van der Waals surface area contributed by atoms with Gasteiger partial charge in [0, 0.05) is 37.7 Å². The highest BCUT2D eigenvalue weighted by Crippen LogP contribution is 2.28. The molecule has 20 heavy (non-hydrogen) atoms. The molecule has 4 heteroatoms. The number of hydrogen-bond donors (Lipinski definition) is 0. The molecule has 0 N–H and O–H groups in total. The molecule has 4 nitrogen and oxygen atoms in total. The predicted molar refractivity (Wildman–Crippen MR) is 77.0 cm³/mol. The van der Waals surface area contributed by atoms with Gasteiger partial charge in [-0.1, -0.05) is 32.1 Å². The topological polar surface area (TPSA) is 46.1 Å². The Labute approximate surface area is 120 Å². The summed E-state index contributed by atoms with van der Waals surface area (Å²) in [5.74, 6) is 1.10. The van der Waals surface area contributed by atoms with E-state index in [-0.39, 0.29) is 0 Å². The van der Waals surface area contributed by atoms with Gasteiger partial charge in [-0.15, -0.1) is 0 Å². The molecule has 0 aromatic carbocycles. The number of rotatable bonds is 3. The molecule has 108 valence electrons. The maximum atomic E-state index is 12.3. The lowest BCUT2D eigenvalue weighted by Crippen LogP contribution is -2.36. The van der Waals surface area contributed by atoms with Crippen LogP contribution in [-0.2, 0) is 17.8 Å².